The molecule has 8 nitrogen and oxygen atoms in total. The van der Waals surface area contributed by atoms with Crippen molar-refractivity contribution in [3.63, 3.8) is 0 Å². The van der Waals surface area contributed by atoms with E-state index in [-0.39, 0.29) is 28.5 Å². The number of nitrogens with one attached hydrogen (secondary N) is 1. The van der Waals surface area contributed by atoms with Crippen LogP contribution >= 0.6 is 11.6 Å². The number of amides is 3. The second-order valence-electron chi connectivity index (χ2n) is 6.28. The highest BCUT2D eigenvalue weighted by Gasteiger charge is 2.28. The van der Waals surface area contributed by atoms with Gasteiger partial charge < -0.3 is 24.3 Å². The first kappa shape index (κ1) is 19.8. The summed E-state index contributed by atoms with van der Waals surface area (Å²) < 4.78 is 10.4. The highest BCUT2D eigenvalue weighted by Crippen LogP contribution is 2.32. The Morgan fingerprint density at radius 2 is 1.75 bits per heavy atom. The molecule has 1 aromatic heterocycles. The van der Waals surface area contributed by atoms with Crippen LogP contribution in [0.4, 0.5) is 5.69 Å². The molecule has 1 N–H and O–H groups in total. The molecule has 9 heteroatoms. The molecule has 0 bridgehead atoms. The summed E-state index contributed by atoms with van der Waals surface area (Å²) in [6.45, 7) is 2.90. The number of piperazine rings is 1. The first-order valence-electron chi connectivity index (χ1n) is 8.68. The first-order valence-corrected chi connectivity index (χ1v) is 9.05. The van der Waals surface area contributed by atoms with E-state index in [2.05, 4.69) is 5.32 Å². The van der Waals surface area contributed by atoms with Crippen molar-refractivity contribution in [3.8, 4) is 5.75 Å². The van der Waals surface area contributed by atoms with Gasteiger partial charge in [-0.3, -0.25) is 14.4 Å². The van der Waals surface area contributed by atoms with Gasteiger partial charge in [0, 0.05) is 39.2 Å². The van der Waals surface area contributed by atoms with Crippen molar-refractivity contribution >= 4 is 35.0 Å². The van der Waals surface area contributed by atoms with E-state index in [1.165, 1.54) is 32.4 Å². The predicted octanol–water partition coefficient (Wildman–Crippen LogP) is 2.50. The number of hydrogen-bond acceptors (Lipinski definition) is 5. The van der Waals surface area contributed by atoms with Gasteiger partial charge in [0.2, 0.25) is 5.91 Å². The molecule has 2 aromatic rings. The second kappa shape index (κ2) is 8.35. The van der Waals surface area contributed by atoms with Gasteiger partial charge >= 0.3 is 0 Å². The van der Waals surface area contributed by atoms with Crippen molar-refractivity contribution in [1.29, 1.82) is 0 Å². The second-order valence-corrected chi connectivity index (χ2v) is 6.68. The zero-order valence-electron chi connectivity index (χ0n) is 15.5. The van der Waals surface area contributed by atoms with Crippen LogP contribution in [0.2, 0.25) is 5.02 Å². The number of hydrogen-bond donors (Lipinski definition) is 1. The molecule has 28 heavy (non-hydrogen) atoms. The molecule has 1 aliphatic rings. The van der Waals surface area contributed by atoms with Gasteiger partial charge in [0.05, 0.1) is 29.6 Å². The molecule has 1 fully saturated rings. The van der Waals surface area contributed by atoms with Crippen molar-refractivity contribution in [2.75, 3.05) is 38.6 Å². The van der Waals surface area contributed by atoms with Gasteiger partial charge in [0.1, 0.15) is 5.75 Å². The normalized spacial score (nSPS) is 14.0. The van der Waals surface area contributed by atoms with Gasteiger partial charge in [0.25, 0.3) is 11.8 Å². The Bertz CT molecular complexity index is 889. The maximum Gasteiger partial charge on any atom is 0.289 e. The van der Waals surface area contributed by atoms with Crippen molar-refractivity contribution in [2.24, 2.45) is 0 Å². The van der Waals surface area contributed by atoms with E-state index in [4.69, 9.17) is 20.8 Å². The number of methoxy groups -OCH3 is 1. The Morgan fingerprint density at radius 3 is 2.29 bits per heavy atom. The summed E-state index contributed by atoms with van der Waals surface area (Å²) in [6.07, 6.45) is 1.45. The number of carbonyl (C=O) groups excluding carboxylic acids is 3. The van der Waals surface area contributed by atoms with E-state index in [0.29, 0.717) is 43.2 Å². The molecule has 0 atom stereocenters. The average Bonchev–Trinajstić information content (AvgIpc) is 3.22. The first-order chi connectivity index (χ1) is 13.4. The Balaban J connectivity index is 1.72. The fourth-order valence-electron chi connectivity index (χ4n) is 3.01. The van der Waals surface area contributed by atoms with Gasteiger partial charge in [-0.05, 0) is 18.2 Å². The van der Waals surface area contributed by atoms with E-state index in [1.807, 2.05) is 0 Å². The number of halogens is 1. The van der Waals surface area contributed by atoms with E-state index in [0.717, 1.165) is 0 Å². The van der Waals surface area contributed by atoms with Gasteiger partial charge in [0.15, 0.2) is 5.76 Å². The fraction of sp³-hybridized carbons (Fsp3) is 0.316. The average molecular weight is 406 g/mol. The van der Waals surface area contributed by atoms with E-state index in [1.54, 1.807) is 21.9 Å². The van der Waals surface area contributed by atoms with Crippen molar-refractivity contribution < 1.29 is 23.5 Å². The van der Waals surface area contributed by atoms with Gasteiger partial charge in [-0.1, -0.05) is 11.6 Å². The maximum atomic E-state index is 12.9. The summed E-state index contributed by atoms with van der Waals surface area (Å²) in [5.41, 5.74) is 0.670. The number of ether oxygens (including phenoxy) is 1. The third kappa shape index (κ3) is 4.12. The highest BCUT2D eigenvalue weighted by atomic mass is 35.5. The third-order valence-electron chi connectivity index (χ3n) is 4.42. The maximum absolute atomic E-state index is 12.9. The number of rotatable bonds is 4. The zero-order valence-corrected chi connectivity index (χ0v) is 16.3. The van der Waals surface area contributed by atoms with Crippen molar-refractivity contribution in [2.45, 2.75) is 6.92 Å². The van der Waals surface area contributed by atoms with E-state index < -0.39 is 0 Å². The molecule has 3 rings (SSSR count). The summed E-state index contributed by atoms with van der Waals surface area (Å²) in [5.74, 6) is -0.134. The molecular weight excluding hydrogens is 386 g/mol. The summed E-state index contributed by atoms with van der Waals surface area (Å²) >= 11 is 6.20. The van der Waals surface area contributed by atoms with Gasteiger partial charge in [-0.25, -0.2) is 0 Å². The van der Waals surface area contributed by atoms with Crippen LogP contribution in [-0.4, -0.2) is 60.8 Å². The predicted molar refractivity (Wildman–Crippen MR) is 103 cm³/mol. The summed E-state index contributed by atoms with van der Waals surface area (Å²) in [4.78, 5) is 39.8. The quantitative estimate of drug-likeness (QED) is 0.843. The standard InChI is InChI=1S/C19H20ClN3O5/c1-12(24)21-15-11-17(27-2)13(10-14(15)20)18(25)22-5-7-23(8-6-22)19(26)16-4-3-9-28-16/h3-4,9-11H,5-8H2,1-2H3,(H,21,24). The lowest BCUT2D eigenvalue weighted by Crippen LogP contribution is -2.50. The SMILES string of the molecule is COc1cc(NC(C)=O)c(Cl)cc1C(=O)N1CCN(C(=O)c2ccco2)CC1. The number of furan rings is 1. The van der Waals surface area contributed by atoms with Crippen LogP contribution in [0.25, 0.3) is 0 Å². The van der Waals surface area contributed by atoms with Gasteiger partial charge in [-0.2, -0.15) is 0 Å². The minimum absolute atomic E-state index is 0.197. The zero-order chi connectivity index (χ0) is 20.3. The third-order valence-corrected chi connectivity index (χ3v) is 4.73. The van der Waals surface area contributed by atoms with Gasteiger partial charge in [-0.15, -0.1) is 0 Å². The minimum Gasteiger partial charge on any atom is -0.496 e. The van der Waals surface area contributed by atoms with Crippen LogP contribution in [0, 0.1) is 0 Å². The molecule has 0 spiro atoms. The number of nitrogens with zero attached hydrogens (tertiary/aromatic N) is 2. The summed E-state index contributed by atoms with van der Waals surface area (Å²) in [5, 5.41) is 2.84. The molecule has 0 saturated carbocycles. The molecular formula is C19H20ClN3O5. The molecule has 1 aliphatic heterocycles. The molecule has 1 aromatic carbocycles. The Hall–Kier alpha value is -3.00. The highest BCUT2D eigenvalue weighted by molar-refractivity contribution is 6.34. The van der Waals surface area contributed by atoms with Crippen LogP contribution in [0.1, 0.15) is 27.8 Å². The van der Waals surface area contributed by atoms with Crippen molar-refractivity contribution in [1.82, 2.24) is 9.80 Å². The fourth-order valence-corrected chi connectivity index (χ4v) is 3.22. The van der Waals surface area contributed by atoms with Crippen LogP contribution in [0.15, 0.2) is 34.9 Å². The molecule has 0 radical (unpaired) electrons. The summed E-state index contributed by atoms with van der Waals surface area (Å²) in [6, 6.07) is 6.28. The van der Waals surface area contributed by atoms with Crippen molar-refractivity contribution in [3.05, 3.63) is 46.9 Å². The minimum atomic E-state index is -0.277. The Kier molecular flexibility index (Phi) is 5.89. The number of benzene rings is 1. The van der Waals surface area contributed by atoms with Crippen LogP contribution < -0.4 is 10.1 Å². The smallest absolute Gasteiger partial charge is 0.289 e. The van der Waals surface area contributed by atoms with E-state index >= 15 is 0 Å². The van der Waals surface area contributed by atoms with Crippen LogP contribution in [-0.2, 0) is 4.79 Å². The van der Waals surface area contributed by atoms with Crippen LogP contribution in [0.3, 0.4) is 0 Å². The lowest BCUT2D eigenvalue weighted by molar-refractivity contribution is -0.114. The Labute approximate surface area is 167 Å². The molecule has 3 amide bonds. The lowest BCUT2D eigenvalue weighted by atomic mass is 10.1. The molecule has 2 heterocycles. The molecule has 148 valence electrons. The van der Waals surface area contributed by atoms with E-state index in [9.17, 15) is 14.4 Å². The number of carbonyl (C=O) groups is 3. The summed E-state index contributed by atoms with van der Waals surface area (Å²) in [7, 11) is 1.44. The molecule has 0 aliphatic carbocycles. The van der Waals surface area contributed by atoms with Crippen LogP contribution in [0.5, 0.6) is 5.75 Å². The Morgan fingerprint density at radius 1 is 1.11 bits per heavy atom. The lowest BCUT2D eigenvalue weighted by Gasteiger charge is -2.34. The molecule has 0 unspecified atom stereocenters. The number of anilines is 1. The topological polar surface area (TPSA) is 92.1 Å². The largest absolute Gasteiger partial charge is 0.496 e. The molecule has 1 saturated heterocycles. The monoisotopic (exact) mass is 405 g/mol.